The highest BCUT2D eigenvalue weighted by Gasteiger charge is 2.42. The molecular formula is C13H14F4N2O. The molecule has 2 atom stereocenters. The molecular weight excluding hydrogens is 276 g/mol. The monoisotopic (exact) mass is 290 g/mol. The zero-order chi connectivity index (χ0) is 14.8. The van der Waals surface area contributed by atoms with Crippen molar-refractivity contribution in [3.63, 3.8) is 0 Å². The molecule has 2 unspecified atom stereocenters. The predicted octanol–water partition coefficient (Wildman–Crippen LogP) is 2.69. The van der Waals surface area contributed by atoms with Crippen molar-refractivity contribution in [2.24, 2.45) is 5.92 Å². The highest BCUT2D eigenvalue weighted by atomic mass is 19.4. The van der Waals surface area contributed by atoms with Crippen LogP contribution in [0.1, 0.15) is 12.8 Å². The first-order valence-corrected chi connectivity index (χ1v) is 6.23. The maximum absolute atomic E-state index is 13.4. The number of alkyl halides is 3. The third kappa shape index (κ3) is 3.47. The summed E-state index contributed by atoms with van der Waals surface area (Å²) in [6.45, 7) is -0.293. The molecule has 0 spiro atoms. The van der Waals surface area contributed by atoms with Crippen molar-refractivity contribution in [1.82, 2.24) is 5.32 Å². The average molecular weight is 290 g/mol. The fourth-order valence-corrected chi connectivity index (χ4v) is 2.14. The Morgan fingerprint density at radius 2 is 1.95 bits per heavy atom. The number of hydrogen-bond donors (Lipinski definition) is 2. The molecule has 0 aromatic heterocycles. The van der Waals surface area contributed by atoms with Crippen molar-refractivity contribution >= 4 is 11.6 Å². The Balaban J connectivity index is 1.91. The number of para-hydroxylation sites is 1. The quantitative estimate of drug-likeness (QED) is 0.822. The Morgan fingerprint density at radius 3 is 2.50 bits per heavy atom. The average Bonchev–Trinajstić information content (AvgIpc) is 2.40. The summed E-state index contributed by atoms with van der Waals surface area (Å²) < 4.78 is 50.8. The summed E-state index contributed by atoms with van der Waals surface area (Å²) in [7, 11) is 0. The van der Waals surface area contributed by atoms with Gasteiger partial charge in [-0.05, 0) is 25.0 Å². The summed E-state index contributed by atoms with van der Waals surface area (Å²) in [6, 6.07) is 4.91. The van der Waals surface area contributed by atoms with E-state index in [1.54, 1.807) is 6.07 Å². The Kier molecular flexibility index (Phi) is 4.27. The molecule has 20 heavy (non-hydrogen) atoms. The van der Waals surface area contributed by atoms with Gasteiger partial charge < -0.3 is 10.6 Å². The van der Waals surface area contributed by atoms with E-state index in [4.69, 9.17) is 0 Å². The molecule has 1 aliphatic heterocycles. The first kappa shape index (κ1) is 14.8. The predicted molar refractivity (Wildman–Crippen MR) is 65.6 cm³/mol. The van der Waals surface area contributed by atoms with Crippen LogP contribution < -0.4 is 10.6 Å². The largest absolute Gasteiger partial charge is 0.393 e. The molecule has 7 heteroatoms. The zero-order valence-electron chi connectivity index (χ0n) is 10.5. The van der Waals surface area contributed by atoms with Gasteiger partial charge in [-0.25, -0.2) is 4.39 Å². The number of hydrogen-bond acceptors (Lipinski definition) is 2. The van der Waals surface area contributed by atoms with Crippen LogP contribution in [0.4, 0.5) is 23.2 Å². The fraction of sp³-hybridized carbons (Fsp3) is 0.462. The van der Waals surface area contributed by atoms with Gasteiger partial charge in [-0.2, -0.15) is 13.2 Å². The van der Waals surface area contributed by atoms with Crippen molar-refractivity contribution in [1.29, 1.82) is 0 Å². The summed E-state index contributed by atoms with van der Waals surface area (Å²) in [5, 5.41) is 4.94. The van der Waals surface area contributed by atoms with E-state index in [1.165, 1.54) is 18.2 Å². The standard InChI is InChI=1S/C13H14F4N2O/c14-9-3-1-2-4-10(9)19-12(20)11-6-5-8(7-18-11)13(15,16)17/h1-4,8,11,18H,5-7H2,(H,19,20). The van der Waals surface area contributed by atoms with Crippen LogP contribution in [-0.4, -0.2) is 24.7 Å². The number of halogens is 4. The van der Waals surface area contributed by atoms with E-state index in [-0.39, 0.29) is 25.1 Å². The number of carbonyl (C=O) groups excluding carboxylic acids is 1. The molecule has 1 aliphatic rings. The van der Waals surface area contributed by atoms with E-state index < -0.39 is 29.9 Å². The molecule has 0 radical (unpaired) electrons. The van der Waals surface area contributed by atoms with Crippen LogP contribution in [0.5, 0.6) is 0 Å². The Hall–Kier alpha value is -1.63. The van der Waals surface area contributed by atoms with Crippen molar-refractivity contribution < 1.29 is 22.4 Å². The minimum Gasteiger partial charge on any atom is -0.322 e. The Morgan fingerprint density at radius 1 is 1.25 bits per heavy atom. The molecule has 3 nitrogen and oxygen atoms in total. The van der Waals surface area contributed by atoms with E-state index in [0.29, 0.717) is 0 Å². The summed E-state index contributed by atoms with van der Waals surface area (Å²) in [5.74, 6) is -2.53. The first-order chi connectivity index (χ1) is 9.38. The van der Waals surface area contributed by atoms with Gasteiger partial charge in [-0.15, -0.1) is 0 Å². The topological polar surface area (TPSA) is 41.1 Å². The Bertz CT molecular complexity index is 482. The van der Waals surface area contributed by atoms with Gasteiger partial charge >= 0.3 is 6.18 Å². The number of nitrogens with one attached hydrogen (secondary N) is 2. The van der Waals surface area contributed by atoms with Crippen molar-refractivity contribution in [3.05, 3.63) is 30.1 Å². The summed E-state index contributed by atoms with van der Waals surface area (Å²) >= 11 is 0. The lowest BCUT2D eigenvalue weighted by atomic mass is 9.94. The number of benzene rings is 1. The molecule has 0 aliphatic carbocycles. The van der Waals surface area contributed by atoms with Crippen LogP contribution in [-0.2, 0) is 4.79 Å². The van der Waals surface area contributed by atoms with Gasteiger partial charge in [0.25, 0.3) is 0 Å². The minimum atomic E-state index is -4.25. The van der Waals surface area contributed by atoms with E-state index in [1.807, 2.05) is 0 Å². The lowest BCUT2D eigenvalue weighted by molar-refractivity contribution is -0.180. The zero-order valence-corrected chi connectivity index (χ0v) is 10.5. The number of piperidine rings is 1. The second-order valence-corrected chi connectivity index (χ2v) is 4.75. The smallest absolute Gasteiger partial charge is 0.322 e. The normalized spacial score (nSPS) is 23.4. The van der Waals surface area contributed by atoms with Gasteiger partial charge in [0.2, 0.25) is 5.91 Å². The minimum absolute atomic E-state index is 0.0252. The van der Waals surface area contributed by atoms with Gasteiger partial charge in [0, 0.05) is 6.54 Å². The number of amides is 1. The van der Waals surface area contributed by atoms with Crippen LogP contribution in [0.25, 0.3) is 0 Å². The van der Waals surface area contributed by atoms with Crippen LogP contribution in [0.2, 0.25) is 0 Å². The lowest BCUT2D eigenvalue weighted by Gasteiger charge is -2.30. The van der Waals surface area contributed by atoms with Gasteiger partial charge in [0.05, 0.1) is 17.6 Å². The number of anilines is 1. The molecule has 2 rings (SSSR count). The summed E-state index contributed by atoms with van der Waals surface area (Å²) in [6.07, 6.45) is -4.28. The molecule has 1 aromatic rings. The fourth-order valence-electron chi connectivity index (χ4n) is 2.14. The second-order valence-electron chi connectivity index (χ2n) is 4.75. The molecule has 1 aromatic carbocycles. The van der Waals surface area contributed by atoms with E-state index >= 15 is 0 Å². The Labute approximate surface area is 113 Å². The third-order valence-electron chi connectivity index (χ3n) is 3.33. The summed E-state index contributed by atoms with van der Waals surface area (Å²) in [4.78, 5) is 11.9. The molecule has 1 heterocycles. The number of rotatable bonds is 2. The van der Waals surface area contributed by atoms with E-state index in [0.717, 1.165) is 0 Å². The van der Waals surface area contributed by atoms with Gasteiger partial charge in [-0.3, -0.25) is 4.79 Å². The molecule has 0 bridgehead atoms. The van der Waals surface area contributed by atoms with E-state index in [2.05, 4.69) is 10.6 Å². The van der Waals surface area contributed by atoms with Gasteiger partial charge in [0.15, 0.2) is 0 Å². The molecule has 1 amide bonds. The molecule has 0 saturated carbocycles. The van der Waals surface area contributed by atoms with Crippen LogP contribution in [0.3, 0.4) is 0 Å². The molecule has 110 valence electrons. The SMILES string of the molecule is O=C(Nc1ccccc1F)C1CCC(C(F)(F)F)CN1. The number of carbonyl (C=O) groups is 1. The van der Waals surface area contributed by atoms with Gasteiger partial charge in [0.1, 0.15) is 5.82 Å². The van der Waals surface area contributed by atoms with Crippen LogP contribution in [0, 0.1) is 11.7 Å². The van der Waals surface area contributed by atoms with Crippen LogP contribution in [0.15, 0.2) is 24.3 Å². The maximum Gasteiger partial charge on any atom is 0.393 e. The molecule has 2 N–H and O–H groups in total. The molecule has 1 saturated heterocycles. The van der Waals surface area contributed by atoms with Crippen molar-refractivity contribution in [2.75, 3.05) is 11.9 Å². The van der Waals surface area contributed by atoms with Gasteiger partial charge in [-0.1, -0.05) is 12.1 Å². The second kappa shape index (κ2) is 5.78. The summed E-state index contributed by atoms with van der Waals surface area (Å²) in [5.41, 5.74) is 0.0252. The van der Waals surface area contributed by atoms with E-state index in [9.17, 15) is 22.4 Å². The first-order valence-electron chi connectivity index (χ1n) is 6.23. The maximum atomic E-state index is 13.4. The van der Waals surface area contributed by atoms with Crippen molar-refractivity contribution in [2.45, 2.75) is 25.1 Å². The van der Waals surface area contributed by atoms with Crippen LogP contribution >= 0.6 is 0 Å². The lowest BCUT2D eigenvalue weighted by Crippen LogP contribution is -2.49. The highest BCUT2D eigenvalue weighted by Crippen LogP contribution is 2.32. The molecule has 1 fully saturated rings. The third-order valence-corrected chi connectivity index (χ3v) is 3.33. The van der Waals surface area contributed by atoms with Crippen molar-refractivity contribution in [3.8, 4) is 0 Å². The highest BCUT2D eigenvalue weighted by molar-refractivity contribution is 5.94.